The van der Waals surface area contributed by atoms with Crippen LogP contribution in [0.25, 0.3) is 11.1 Å². The zero-order chi connectivity index (χ0) is 20.9. The van der Waals surface area contributed by atoms with Crippen molar-refractivity contribution in [1.82, 2.24) is 14.5 Å². The van der Waals surface area contributed by atoms with E-state index >= 15 is 0 Å². The fourth-order valence-electron chi connectivity index (χ4n) is 3.80. The Morgan fingerprint density at radius 3 is 2.77 bits per heavy atom. The molecule has 158 valence electrons. The third-order valence-electron chi connectivity index (χ3n) is 5.39. The summed E-state index contributed by atoms with van der Waals surface area (Å²) in [5, 5.41) is 0. The Morgan fingerprint density at radius 1 is 1.10 bits per heavy atom. The minimum atomic E-state index is -0.347. The van der Waals surface area contributed by atoms with Crippen molar-refractivity contribution in [2.45, 2.75) is 19.9 Å². The smallest absolute Gasteiger partial charge is 0.419 e. The van der Waals surface area contributed by atoms with Gasteiger partial charge in [0.1, 0.15) is 5.82 Å². The van der Waals surface area contributed by atoms with Crippen LogP contribution in [-0.2, 0) is 11.3 Å². The first-order chi connectivity index (χ1) is 14.7. The Labute approximate surface area is 174 Å². The summed E-state index contributed by atoms with van der Waals surface area (Å²) in [5.41, 5.74) is 1.93. The highest BCUT2D eigenvalue weighted by atomic mass is 16.5. The molecule has 1 saturated heterocycles. The van der Waals surface area contributed by atoms with Gasteiger partial charge in [-0.2, -0.15) is 0 Å². The van der Waals surface area contributed by atoms with E-state index in [1.54, 1.807) is 23.8 Å². The third-order valence-corrected chi connectivity index (χ3v) is 5.39. The van der Waals surface area contributed by atoms with Crippen LogP contribution in [0.5, 0.6) is 0 Å². The molecular formula is C22H26N4O4. The highest BCUT2D eigenvalue weighted by Gasteiger charge is 2.18. The molecule has 3 aromatic rings. The van der Waals surface area contributed by atoms with Crippen molar-refractivity contribution in [3.63, 3.8) is 0 Å². The normalized spacial score (nSPS) is 15.3. The molecule has 3 heterocycles. The summed E-state index contributed by atoms with van der Waals surface area (Å²) in [5.74, 6) is 0.209. The standard InChI is InChI=1S/C22H26N4O4/c1-2-29-21(27)17-8-9-20(23-16-17)25-11-5-10-24(12-14-25)13-15-26-18-6-3-4-7-19(18)30-22(26)28/h3-4,6-9,16H,2,5,10-15H2,1H3. The van der Waals surface area contributed by atoms with Gasteiger partial charge in [0.15, 0.2) is 5.58 Å². The highest BCUT2D eigenvalue weighted by molar-refractivity contribution is 5.89. The Hall–Kier alpha value is -3.13. The number of ether oxygens (including phenoxy) is 1. The number of hydrogen-bond acceptors (Lipinski definition) is 7. The van der Waals surface area contributed by atoms with Crippen LogP contribution in [0.2, 0.25) is 0 Å². The van der Waals surface area contributed by atoms with E-state index in [1.165, 1.54) is 0 Å². The largest absolute Gasteiger partial charge is 0.462 e. The third kappa shape index (κ3) is 4.38. The molecule has 0 saturated carbocycles. The number of oxazole rings is 1. The average Bonchev–Trinajstić information content (AvgIpc) is 2.92. The molecule has 0 N–H and O–H groups in total. The number of aromatic nitrogens is 2. The summed E-state index contributed by atoms with van der Waals surface area (Å²) in [6.07, 6.45) is 2.58. The van der Waals surface area contributed by atoms with E-state index in [4.69, 9.17) is 9.15 Å². The van der Waals surface area contributed by atoms with Crippen molar-refractivity contribution in [1.29, 1.82) is 0 Å². The van der Waals surface area contributed by atoms with Crippen molar-refractivity contribution in [3.05, 3.63) is 58.7 Å². The second-order valence-corrected chi connectivity index (χ2v) is 7.30. The molecule has 1 fully saturated rings. The van der Waals surface area contributed by atoms with Crippen molar-refractivity contribution in [3.8, 4) is 0 Å². The summed E-state index contributed by atoms with van der Waals surface area (Å²) in [7, 11) is 0. The second kappa shape index (κ2) is 9.13. The van der Waals surface area contributed by atoms with Gasteiger partial charge in [0.2, 0.25) is 0 Å². The summed E-state index contributed by atoms with van der Waals surface area (Å²) < 4.78 is 12.0. The molecule has 0 radical (unpaired) electrons. The molecule has 0 unspecified atom stereocenters. The van der Waals surface area contributed by atoms with Crippen LogP contribution >= 0.6 is 0 Å². The Bertz CT molecular complexity index is 1060. The first kappa shape index (κ1) is 20.2. The van der Waals surface area contributed by atoms with Gasteiger partial charge in [-0.15, -0.1) is 0 Å². The van der Waals surface area contributed by atoms with Gasteiger partial charge in [-0.1, -0.05) is 12.1 Å². The minimum Gasteiger partial charge on any atom is -0.462 e. The average molecular weight is 410 g/mol. The molecule has 0 spiro atoms. The quantitative estimate of drug-likeness (QED) is 0.577. The molecule has 30 heavy (non-hydrogen) atoms. The maximum atomic E-state index is 12.2. The molecule has 8 heteroatoms. The highest BCUT2D eigenvalue weighted by Crippen LogP contribution is 2.16. The number of benzene rings is 1. The maximum absolute atomic E-state index is 12.2. The molecule has 0 amide bonds. The van der Waals surface area contributed by atoms with Gasteiger partial charge in [-0.3, -0.25) is 9.47 Å². The van der Waals surface area contributed by atoms with Crippen LogP contribution in [0, 0.1) is 0 Å². The Kier molecular flexibility index (Phi) is 6.13. The van der Waals surface area contributed by atoms with Gasteiger partial charge in [0.05, 0.1) is 17.7 Å². The van der Waals surface area contributed by atoms with Crippen LogP contribution in [0.1, 0.15) is 23.7 Å². The van der Waals surface area contributed by atoms with Crippen molar-refractivity contribution in [2.24, 2.45) is 0 Å². The number of carbonyl (C=O) groups is 1. The number of rotatable bonds is 6. The van der Waals surface area contributed by atoms with Gasteiger partial charge in [0, 0.05) is 38.9 Å². The lowest BCUT2D eigenvalue weighted by Crippen LogP contribution is -2.34. The number of fused-ring (bicyclic) bond motifs is 1. The first-order valence-electron chi connectivity index (χ1n) is 10.3. The van der Waals surface area contributed by atoms with E-state index in [1.807, 2.05) is 30.3 Å². The van der Waals surface area contributed by atoms with Crippen LogP contribution in [0.3, 0.4) is 0 Å². The molecule has 2 aromatic heterocycles. The van der Waals surface area contributed by atoms with Crippen molar-refractivity contribution < 1.29 is 13.9 Å². The van der Waals surface area contributed by atoms with Crippen LogP contribution < -0.4 is 10.7 Å². The van der Waals surface area contributed by atoms with Gasteiger partial charge in [-0.25, -0.2) is 14.6 Å². The van der Waals surface area contributed by atoms with Gasteiger partial charge in [-0.05, 0) is 44.2 Å². The Balaban J connectivity index is 1.35. The van der Waals surface area contributed by atoms with Gasteiger partial charge in [0.25, 0.3) is 0 Å². The molecular weight excluding hydrogens is 384 g/mol. The number of pyridine rings is 1. The lowest BCUT2D eigenvalue weighted by Gasteiger charge is -2.22. The van der Waals surface area contributed by atoms with Crippen LogP contribution in [-0.4, -0.2) is 59.8 Å². The van der Waals surface area contributed by atoms with Crippen molar-refractivity contribution in [2.75, 3.05) is 44.2 Å². The lowest BCUT2D eigenvalue weighted by molar-refractivity contribution is 0.0526. The van der Waals surface area contributed by atoms with Gasteiger partial charge < -0.3 is 14.1 Å². The summed E-state index contributed by atoms with van der Waals surface area (Å²) in [4.78, 5) is 33.0. The number of carbonyl (C=O) groups excluding carboxylic acids is 1. The van der Waals surface area contributed by atoms with E-state index in [9.17, 15) is 9.59 Å². The maximum Gasteiger partial charge on any atom is 0.419 e. The topological polar surface area (TPSA) is 80.8 Å². The fourth-order valence-corrected chi connectivity index (χ4v) is 3.80. The molecule has 4 rings (SSSR count). The zero-order valence-electron chi connectivity index (χ0n) is 17.1. The molecule has 0 bridgehead atoms. The SMILES string of the molecule is CCOC(=O)c1ccc(N2CCCN(CCn3c(=O)oc4ccccc43)CC2)nc1. The van der Waals surface area contributed by atoms with Crippen LogP contribution in [0.4, 0.5) is 5.82 Å². The zero-order valence-corrected chi connectivity index (χ0v) is 17.1. The summed E-state index contributed by atoms with van der Waals surface area (Å²) in [6.45, 7) is 7.10. The van der Waals surface area contributed by atoms with Crippen LogP contribution in [0.15, 0.2) is 51.8 Å². The molecule has 0 atom stereocenters. The molecule has 0 aliphatic carbocycles. The minimum absolute atomic E-state index is 0.307. The molecule has 1 aromatic carbocycles. The lowest BCUT2D eigenvalue weighted by atomic mass is 10.2. The summed E-state index contributed by atoms with van der Waals surface area (Å²) >= 11 is 0. The van der Waals surface area contributed by atoms with E-state index < -0.39 is 0 Å². The van der Waals surface area contributed by atoms with Crippen molar-refractivity contribution >= 4 is 22.9 Å². The molecule has 1 aliphatic heterocycles. The number of hydrogen-bond donors (Lipinski definition) is 0. The molecule has 8 nitrogen and oxygen atoms in total. The predicted octanol–water partition coefficient (Wildman–Crippen LogP) is 2.38. The number of nitrogens with zero attached hydrogens (tertiary/aromatic N) is 4. The van der Waals surface area contributed by atoms with E-state index in [-0.39, 0.29) is 11.7 Å². The second-order valence-electron chi connectivity index (χ2n) is 7.30. The van der Waals surface area contributed by atoms with E-state index in [2.05, 4.69) is 14.8 Å². The molecule has 1 aliphatic rings. The van der Waals surface area contributed by atoms with E-state index in [0.717, 1.165) is 50.5 Å². The van der Waals surface area contributed by atoms with E-state index in [0.29, 0.717) is 24.3 Å². The Morgan fingerprint density at radius 2 is 1.97 bits per heavy atom. The number of esters is 1. The first-order valence-corrected chi connectivity index (χ1v) is 10.3. The summed E-state index contributed by atoms with van der Waals surface area (Å²) in [6, 6.07) is 11.1. The fraction of sp³-hybridized carbons (Fsp3) is 0.409. The number of anilines is 1. The number of para-hydroxylation sites is 2. The van der Waals surface area contributed by atoms with Gasteiger partial charge >= 0.3 is 11.7 Å². The monoisotopic (exact) mass is 410 g/mol. The predicted molar refractivity (Wildman–Crippen MR) is 114 cm³/mol.